The van der Waals surface area contributed by atoms with Crippen LogP contribution in [0.4, 0.5) is 0 Å². The molecule has 2 heterocycles. The molecule has 228 valence electrons. The molecule has 3 heteroatoms. The Morgan fingerprint density at radius 1 is 0.745 bits per heavy atom. The summed E-state index contributed by atoms with van der Waals surface area (Å²) in [4.78, 5) is 5.43. The van der Waals surface area contributed by atoms with E-state index in [4.69, 9.17) is 4.98 Å². The monoisotopic (exact) mass is 607 g/mol. The fourth-order valence-electron chi connectivity index (χ4n) is 8.51. The molecule has 47 heavy (non-hydrogen) atoms. The third kappa shape index (κ3) is 4.52. The lowest BCUT2D eigenvalue weighted by molar-refractivity contribution is 0.507. The largest absolute Gasteiger partial charge is 0.361 e. The van der Waals surface area contributed by atoms with Crippen LogP contribution in [-0.2, 0) is 0 Å². The van der Waals surface area contributed by atoms with Crippen LogP contribution >= 0.6 is 0 Å². The average molecular weight is 608 g/mol. The van der Waals surface area contributed by atoms with E-state index in [1.807, 2.05) is 0 Å². The van der Waals surface area contributed by atoms with E-state index >= 15 is 0 Å². The Labute approximate surface area is 275 Å². The summed E-state index contributed by atoms with van der Waals surface area (Å²) in [5.74, 6) is 1.77. The summed E-state index contributed by atoms with van der Waals surface area (Å²) >= 11 is 0. The highest BCUT2D eigenvalue weighted by Crippen LogP contribution is 2.43. The van der Waals surface area contributed by atoms with Crippen molar-refractivity contribution in [2.75, 3.05) is 0 Å². The maximum atomic E-state index is 5.43. The van der Waals surface area contributed by atoms with Gasteiger partial charge in [-0.15, -0.1) is 0 Å². The first-order valence-corrected chi connectivity index (χ1v) is 17.3. The van der Waals surface area contributed by atoms with Gasteiger partial charge in [0, 0.05) is 11.3 Å². The first kappa shape index (κ1) is 27.0. The summed E-state index contributed by atoms with van der Waals surface area (Å²) in [6.07, 6.45) is 24.5. The van der Waals surface area contributed by atoms with Gasteiger partial charge in [-0.3, -0.25) is 4.57 Å². The highest BCUT2D eigenvalue weighted by molar-refractivity contribution is 5.91. The first-order valence-electron chi connectivity index (χ1n) is 17.3. The van der Waals surface area contributed by atoms with E-state index < -0.39 is 0 Å². The Balaban J connectivity index is 1.11. The number of nitrogens with zero attached hydrogens (tertiary/aromatic N) is 2. The molecule has 0 saturated carbocycles. The van der Waals surface area contributed by atoms with Gasteiger partial charge in [0.25, 0.3) is 0 Å². The van der Waals surface area contributed by atoms with Crippen LogP contribution in [0.5, 0.6) is 0 Å². The molecular formula is C44H37N3. The Bertz CT molecular complexity index is 2430. The van der Waals surface area contributed by atoms with Gasteiger partial charge in [-0.25, -0.2) is 4.98 Å². The van der Waals surface area contributed by atoms with Gasteiger partial charge in [-0.2, -0.15) is 0 Å². The van der Waals surface area contributed by atoms with Crippen molar-refractivity contribution in [3.63, 3.8) is 0 Å². The Morgan fingerprint density at radius 2 is 1.62 bits per heavy atom. The third-order valence-corrected chi connectivity index (χ3v) is 11.0. The Kier molecular flexibility index (Phi) is 6.15. The summed E-state index contributed by atoms with van der Waals surface area (Å²) < 4.78 is 2.47. The van der Waals surface area contributed by atoms with Gasteiger partial charge in [0.05, 0.1) is 11.0 Å². The van der Waals surface area contributed by atoms with Crippen molar-refractivity contribution in [1.29, 1.82) is 0 Å². The summed E-state index contributed by atoms with van der Waals surface area (Å²) in [7, 11) is 0. The van der Waals surface area contributed by atoms with Crippen molar-refractivity contribution in [2.45, 2.75) is 51.1 Å². The lowest BCUT2D eigenvalue weighted by Crippen LogP contribution is -2.36. The maximum Gasteiger partial charge on any atom is 0.141 e. The molecule has 5 aliphatic rings. The van der Waals surface area contributed by atoms with Crippen molar-refractivity contribution in [1.82, 2.24) is 14.9 Å². The van der Waals surface area contributed by atoms with Gasteiger partial charge >= 0.3 is 0 Å². The quantitative estimate of drug-likeness (QED) is 0.222. The molecule has 0 fully saturated rings. The van der Waals surface area contributed by atoms with Crippen molar-refractivity contribution in [3.05, 3.63) is 153 Å². The van der Waals surface area contributed by atoms with Crippen LogP contribution in [0.1, 0.15) is 62.5 Å². The van der Waals surface area contributed by atoms with Crippen LogP contribution in [0.3, 0.4) is 0 Å². The minimum atomic E-state index is -0.0354. The molecule has 1 aliphatic heterocycles. The predicted octanol–water partition coefficient (Wildman–Crippen LogP) is 9.02. The normalized spacial score (nSPS) is 21.3. The summed E-state index contributed by atoms with van der Waals surface area (Å²) in [6, 6.07) is 29.2. The van der Waals surface area contributed by atoms with E-state index in [2.05, 4.69) is 131 Å². The number of fused-ring (bicyclic) bond motifs is 7. The van der Waals surface area contributed by atoms with Crippen LogP contribution in [0.2, 0.25) is 0 Å². The predicted molar refractivity (Wildman–Crippen MR) is 195 cm³/mol. The summed E-state index contributed by atoms with van der Waals surface area (Å²) in [6.45, 7) is 0. The van der Waals surface area contributed by atoms with Crippen LogP contribution in [-0.4, -0.2) is 9.55 Å². The van der Waals surface area contributed by atoms with Crippen LogP contribution in [0, 0.1) is 5.92 Å². The van der Waals surface area contributed by atoms with Crippen LogP contribution in [0.15, 0.2) is 132 Å². The number of hydrogen-bond acceptors (Lipinski definition) is 2. The van der Waals surface area contributed by atoms with Gasteiger partial charge in [0.15, 0.2) is 0 Å². The second-order valence-corrected chi connectivity index (χ2v) is 13.8. The molecule has 5 aromatic rings. The third-order valence-electron chi connectivity index (χ3n) is 11.0. The highest BCUT2D eigenvalue weighted by Gasteiger charge is 2.32. The number of benzene rings is 4. The van der Waals surface area contributed by atoms with Crippen molar-refractivity contribution < 1.29 is 0 Å². The van der Waals surface area contributed by atoms with Gasteiger partial charge in [0.2, 0.25) is 0 Å². The number of allylic oxidation sites excluding steroid dienone is 9. The van der Waals surface area contributed by atoms with Crippen molar-refractivity contribution in [2.24, 2.45) is 5.92 Å². The lowest BCUT2D eigenvalue weighted by Gasteiger charge is -2.35. The number of imidazole rings is 1. The topological polar surface area (TPSA) is 29.9 Å². The van der Waals surface area contributed by atoms with E-state index in [1.54, 1.807) is 0 Å². The van der Waals surface area contributed by atoms with E-state index in [1.165, 1.54) is 84.2 Å². The summed E-state index contributed by atoms with van der Waals surface area (Å²) in [5, 5.41) is 9.28. The number of rotatable bonds is 3. The second kappa shape index (κ2) is 10.7. The standard InChI is InChI=1S/C44H37N3/c1-4-10-31-23-34(16-13-28(31)7-1)36-19-21-39-40(26-36)45-43(38-18-15-30-9-3-6-12-33(30)25-38)47-42-22-20-37(27-41(42)46-44(39)47)35-17-14-29-8-2-5-11-32(29)24-35/h1-2,5,7-9,11-18,20,22,24-27,31,43,45H,3-4,6,10,19,21,23H2. The van der Waals surface area contributed by atoms with E-state index in [0.717, 1.165) is 43.4 Å². The molecule has 4 aromatic carbocycles. The smallest absolute Gasteiger partial charge is 0.141 e. The zero-order chi connectivity index (χ0) is 30.9. The average Bonchev–Trinajstić information content (AvgIpc) is 3.53. The highest BCUT2D eigenvalue weighted by atomic mass is 15.2. The fourth-order valence-corrected chi connectivity index (χ4v) is 8.51. The molecule has 0 spiro atoms. The van der Waals surface area contributed by atoms with Gasteiger partial charge in [-0.05, 0) is 136 Å². The van der Waals surface area contributed by atoms with Crippen LogP contribution < -0.4 is 15.8 Å². The number of hydrogen-bond donors (Lipinski definition) is 1. The molecule has 2 unspecified atom stereocenters. The minimum absolute atomic E-state index is 0.0354. The molecule has 1 aromatic heterocycles. The molecule has 0 bridgehead atoms. The number of nitrogens with one attached hydrogen (secondary N) is 1. The molecule has 1 N–H and O–H groups in total. The molecular weight excluding hydrogens is 571 g/mol. The first-order chi connectivity index (χ1) is 23.2. The van der Waals surface area contributed by atoms with E-state index in [9.17, 15) is 0 Å². The second-order valence-electron chi connectivity index (χ2n) is 13.8. The molecule has 4 aliphatic carbocycles. The molecule has 0 saturated heterocycles. The molecule has 10 rings (SSSR count). The molecule has 0 amide bonds. The Morgan fingerprint density at radius 3 is 2.57 bits per heavy atom. The molecule has 3 nitrogen and oxygen atoms in total. The maximum absolute atomic E-state index is 5.43. The summed E-state index contributed by atoms with van der Waals surface area (Å²) in [5.41, 5.74) is 13.0. The van der Waals surface area contributed by atoms with Gasteiger partial charge < -0.3 is 5.32 Å². The lowest BCUT2D eigenvalue weighted by atomic mass is 9.77. The number of aromatic nitrogens is 2. The van der Waals surface area contributed by atoms with Crippen LogP contribution in [0.25, 0.3) is 50.7 Å². The minimum Gasteiger partial charge on any atom is -0.361 e. The van der Waals surface area contributed by atoms with E-state index in [-0.39, 0.29) is 6.17 Å². The van der Waals surface area contributed by atoms with Gasteiger partial charge in [-0.1, -0.05) is 91.1 Å². The van der Waals surface area contributed by atoms with Crippen molar-refractivity contribution in [3.8, 4) is 11.1 Å². The van der Waals surface area contributed by atoms with E-state index in [0.29, 0.717) is 5.92 Å². The SMILES string of the molecule is C1=CC2=CC=C(C3=CC4=C(CC3)c3nc5cc(-c6ccc7ccccc7c6)ccc5n3C(c3ccc5c(c3)=CCCC=5)N4)CC2CC1. The molecule has 0 radical (unpaired) electrons. The van der Waals surface area contributed by atoms with Gasteiger partial charge in [0.1, 0.15) is 12.0 Å². The zero-order valence-corrected chi connectivity index (χ0v) is 26.5. The zero-order valence-electron chi connectivity index (χ0n) is 26.5. The van der Waals surface area contributed by atoms with Crippen molar-refractivity contribution >= 4 is 39.5 Å². The molecule has 2 atom stereocenters. The Hall–Kier alpha value is -5.15. The fraction of sp³-hybridized carbons (Fsp3) is 0.205.